The summed E-state index contributed by atoms with van der Waals surface area (Å²) in [5.74, 6) is -1.22. The minimum Gasteiger partial charge on any atom is -0.481 e. The first-order chi connectivity index (χ1) is 7.77. The third-order valence-electron chi connectivity index (χ3n) is 3.02. The summed E-state index contributed by atoms with van der Waals surface area (Å²) in [7, 11) is 0. The summed E-state index contributed by atoms with van der Waals surface area (Å²) in [5.41, 5.74) is 0.793. The number of aromatic nitrogens is 1. The van der Waals surface area contributed by atoms with Crippen molar-refractivity contribution in [3.63, 3.8) is 0 Å². The van der Waals surface area contributed by atoms with Gasteiger partial charge in [-0.1, -0.05) is 6.07 Å². The molecule has 1 aliphatic heterocycles. The third kappa shape index (κ3) is 2.58. The molecule has 86 valence electrons. The van der Waals surface area contributed by atoms with Gasteiger partial charge in [-0.2, -0.15) is 0 Å². The second-order valence-electron chi connectivity index (χ2n) is 4.18. The lowest BCUT2D eigenvalue weighted by molar-refractivity contribution is -0.139. The number of hydrogen-bond donors (Lipinski definition) is 1. The molecule has 1 aromatic rings. The highest BCUT2D eigenvalue weighted by atomic mass is 16.4. The number of hydrogen-bond acceptors (Lipinski definition) is 3. The van der Waals surface area contributed by atoms with Gasteiger partial charge < -0.3 is 10.0 Å². The summed E-state index contributed by atoms with van der Waals surface area (Å²) in [4.78, 5) is 17.4. The third-order valence-corrected chi connectivity index (χ3v) is 3.02. The highest BCUT2D eigenvalue weighted by Gasteiger charge is 2.24. The fourth-order valence-electron chi connectivity index (χ4n) is 2.13. The average molecular weight is 220 g/mol. The van der Waals surface area contributed by atoms with E-state index >= 15 is 0 Å². The fourth-order valence-corrected chi connectivity index (χ4v) is 2.13. The first kappa shape index (κ1) is 11.1. The van der Waals surface area contributed by atoms with Crippen molar-refractivity contribution in [3.8, 4) is 0 Å². The Morgan fingerprint density at radius 3 is 2.81 bits per heavy atom. The number of carbonyl (C=O) groups is 1. The van der Waals surface area contributed by atoms with Crippen molar-refractivity contribution in [1.29, 1.82) is 0 Å². The van der Waals surface area contributed by atoms with Crippen LogP contribution in [-0.2, 0) is 4.79 Å². The molecule has 1 fully saturated rings. The molecule has 1 N–H and O–H groups in total. The van der Waals surface area contributed by atoms with Gasteiger partial charge in [-0.05, 0) is 37.6 Å². The topological polar surface area (TPSA) is 53.4 Å². The predicted octanol–water partition coefficient (Wildman–Crippen LogP) is 1.35. The SMILES string of the molecule is O=C(O)C(CN1CCCC1)c1cccnc1. The van der Waals surface area contributed by atoms with Crippen molar-refractivity contribution in [2.75, 3.05) is 19.6 Å². The van der Waals surface area contributed by atoms with Crippen molar-refractivity contribution >= 4 is 5.97 Å². The monoisotopic (exact) mass is 220 g/mol. The van der Waals surface area contributed by atoms with Crippen molar-refractivity contribution in [2.24, 2.45) is 0 Å². The Kier molecular flexibility index (Phi) is 3.51. The van der Waals surface area contributed by atoms with Crippen LogP contribution in [0.2, 0.25) is 0 Å². The van der Waals surface area contributed by atoms with Gasteiger partial charge in [-0.25, -0.2) is 0 Å². The van der Waals surface area contributed by atoms with Gasteiger partial charge in [0.2, 0.25) is 0 Å². The molecule has 0 radical (unpaired) electrons. The molecule has 1 unspecified atom stereocenters. The van der Waals surface area contributed by atoms with Gasteiger partial charge in [0, 0.05) is 18.9 Å². The number of carboxylic acids is 1. The number of aliphatic carboxylic acids is 1. The lowest BCUT2D eigenvalue weighted by Crippen LogP contribution is -2.29. The molecule has 1 atom stereocenters. The van der Waals surface area contributed by atoms with Gasteiger partial charge in [0.25, 0.3) is 0 Å². The van der Waals surface area contributed by atoms with Gasteiger partial charge in [0.1, 0.15) is 0 Å². The molecule has 16 heavy (non-hydrogen) atoms. The molecule has 4 heteroatoms. The number of rotatable bonds is 4. The van der Waals surface area contributed by atoms with Crippen LogP contribution >= 0.6 is 0 Å². The Labute approximate surface area is 94.9 Å². The van der Waals surface area contributed by atoms with Crippen LogP contribution in [0, 0.1) is 0 Å². The van der Waals surface area contributed by atoms with E-state index in [1.54, 1.807) is 18.5 Å². The molecule has 0 spiro atoms. The van der Waals surface area contributed by atoms with Crippen molar-refractivity contribution in [3.05, 3.63) is 30.1 Å². The Bertz CT molecular complexity index is 347. The minimum absolute atomic E-state index is 0.452. The average Bonchev–Trinajstić information content (AvgIpc) is 2.79. The fraction of sp³-hybridized carbons (Fsp3) is 0.500. The summed E-state index contributed by atoms with van der Waals surface area (Å²) >= 11 is 0. The van der Waals surface area contributed by atoms with E-state index in [-0.39, 0.29) is 0 Å². The molecule has 0 saturated carbocycles. The van der Waals surface area contributed by atoms with Crippen LogP contribution < -0.4 is 0 Å². The Morgan fingerprint density at radius 2 is 2.25 bits per heavy atom. The Hall–Kier alpha value is -1.42. The summed E-state index contributed by atoms with van der Waals surface area (Å²) in [6.45, 7) is 2.63. The number of nitrogens with zero attached hydrogens (tertiary/aromatic N) is 2. The highest BCUT2D eigenvalue weighted by molar-refractivity contribution is 5.76. The highest BCUT2D eigenvalue weighted by Crippen LogP contribution is 2.19. The summed E-state index contributed by atoms with van der Waals surface area (Å²) in [5, 5.41) is 9.23. The smallest absolute Gasteiger partial charge is 0.312 e. The van der Waals surface area contributed by atoms with Gasteiger partial charge in [0.15, 0.2) is 0 Å². The van der Waals surface area contributed by atoms with E-state index in [0.717, 1.165) is 18.7 Å². The van der Waals surface area contributed by atoms with Crippen LogP contribution in [0.4, 0.5) is 0 Å². The summed E-state index contributed by atoms with van der Waals surface area (Å²) < 4.78 is 0. The van der Waals surface area contributed by atoms with Gasteiger partial charge in [0.05, 0.1) is 5.92 Å². The van der Waals surface area contributed by atoms with Gasteiger partial charge in [-0.15, -0.1) is 0 Å². The molecule has 0 bridgehead atoms. The normalized spacial score (nSPS) is 18.5. The number of pyridine rings is 1. The molecule has 4 nitrogen and oxygen atoms in total. The molecule has 1 saturated heterocycles. The molecule has 0 aliphatic carbocycles. The lowest BCUT2D eigenvalue weighted by Gasteiger charge is -2.20. The van der Waals surface area contributed by atoms with Gasteiger partial charge in [-0.3, -0.25) is 9.78 Å². The molecular formula is C12H16N2O2. The zero-order valence-electron chi connectivity index (χ0n) is 9.17. The second-order valence-corrected chi connectivity index (χ2v) is 4.18. The Morgan fingerprint density at radius 1 is 1.50 bits per heavy atom. The van der Waals surface area contributed by atoms with E-state index in [1.165, 1.54) is 12.8 Å². The van der Waals surface area contributed by atoms with Crippen molar-refractivity contribution < 1.29 is 9.90 Å². The molecule has 1 aromatic heterocycles. The minimum atomic E-state index is -0.764. The maximum atomic E-state index is 11.2. The molecule has 2 rings (SSSR count). The summed E-state index contributed by atoms with van der Waals surface area (Å²) in [6, 6.07) is 3.62. The number of likely N-dealkylation sites (tertiary alicyclic amines) is 1. The van der Waals surface area contributed by atoms with E-state index in [9.17, 15) is 9.90 Å². The van der Waals surface area contributed by atoms with Crippen molar-refractivity contribution in [2.45, 2.75) is 18.8 Å². The zero-order chi connectivity index (χ0) is 11.4. The molecule has 1 aliphatic rings. The first-order valence-corrected chi connectivity index (χ1v) is 5.62. The van der Waals surface area contributed by atoms with E-state index in [0.29, 0.717) is 6.54 Å². The van der Waals surface area contributed by atoms with E-state index in [2.05, 4.69) is 9.88 Å². The molecular weight excluding hydrogens is 204 g/mol. The molecule has 2 heterocycles. The van der Waals surface area contributed by atoms with Crippen LogP contribution in [0.3, 0.4) is 0 Å². The Balaban J connectivity index is 2.08. The molecule has 0 amide bonds. The number of carboxylic acid groups (broad SMARTS) is 1. The van der Waals surface area contributed by atoms with E-state index < -0.39 is 11.9 Å². The van der Waals surface area contributed by atoms with E-state index in [4.69, 9.17) is 0 Å². The molecule has 0 aromatic carbocycles. The van der Waals surface area contributed by atoms with Crippen LogP contribution in [0.15, 0.2) is 24.5 Å². The second kappa shape index (κ2) is 5.07. The lowest BCUT2D eigenvalue weighted by atomic mass is 10.0. The van der Waals surface area contributed by atoms with E-state index in [1.807, 2.05) is 6.07 Å². The van der Waals surface area contributed by atoms with Crippen LogP contribution in [0.5, 0.6) is 0 Å². The maximum Gasteiger partial charge on any atom is 0.312 e. The van der Waals surface area contributed by atoms with Crippen molar-refractivity contribution in [1.82, 2.24) is 9.88 Å². The zero-order valence-corrected chi connectivity index (χ0v) is 9.17. The maximum absolute atomic E-state index is 11.2. The van der Waals surface area contributed by atoms with Crippen LogP contribution in [-0.4, -0.2) is 40.6 Å². The quantitative estimate of drug-likeness (QED) is 0.832. The standard InChI is InChI=1S/C12H16N2O2/c15-12(16)11(9-14-6-1-2-7-14)10-4-3-5-13-8-10/h3-5,8,11H,1-2,6-7,9H2,(H,15,16). The summed E-state index contributed by atoms with van der Waals surface area (Å²) in [6.07, 6.45) is 5.67. The van der Waals surface area contributed by atoms with Crippen LogP contribution in [0.25, 0.3) is 0 Å². The van der Waals surface area contributed by atoms with Crippen LogP contribution in [0.1, 0.15) is 24.3 Å². The largest absolute Gasteiger partial charge is 0.481 e. The predicted molar refractivity (Wildman–Crippen MR) is 60.3 cm³/mol. The van der Waals surface area contributed by atoms with Gasteiger partial charge >= 0.3 is 5.97 Å². The first-order valence-electron chi connectivity index (χ1n) is 5.62.